The van der Waals surface area contributed by atoms with E-state index in [-0.39, 0.29) is 18.2 Å². The molecule has 1 aliphatic rings. The molecule has 2 atom stereocenters. The minimum Gasteiger partial charge on any atom is -0.481 e. The average Bonchev–Trinajstić information content (AvgIpc) is 2.37. The maximum absolute atomic E-state index is 11.8. The van der Waals surface area contributed by atoms with Gasteiger partial charge in [0.25, 0.3) is 0 Å². The van der Waals surface area contributed by atoms with E-state index in [4.69, 9.17) is 5.11 Å². The molecule has 1 fully saturated rings. The Labute approximate surface area is 124 Å². The molecule has 0 spiro atoms. The van der Waals surface area contributed by atoms with Crippen LogP contribution in [0.5, 0.6) is 0 Å². The number of carbonyl (C=O) groups excluding carboxylic acids is 2. The van der Waals surface area contributed by atoms with Gasteiger partial charge in [0, 0.05) is 19.5 Å². The number of rotatable bonds is 7. The third kappa shape index (κ3) is 6.97. The normalized spacial score (nSPS) is 19.8. The van der Waals surface area contributed by atoms with Gasteiger partial charge in [-0.2, -0.15) is 0 Å². The van der Waals surface area contributed by atoms with E-state index >= 15 is 0 Å². The molecule has 0 aromatic carbocycles. The Morgan fingerprint density at radius 1 is 1.43 bits per heavy atom. The first-order valence-corrected chi connectivity index (χ1v) is 7.42. The lowest BCUT2D eigenvalue weighted by Crippen LogP contribution is -2.53. The third-order valence-corrected chi connectivity index (χ3v) is 3.41. The Morgan fingerprint density at radius 2 is 2.14 bits per heavy atom. The molecule has 0 radical (unpaired) electrons. The molecule has 0 saturated carbocycles. The molecule has 0 aromatic rings. The lowest BCUT2D eigenvalue weighted by Gasteiger charge is -2.24. The minimum absolute atomic E-state index is 0.0301. The smallest absolute Gasteiger partial charge is 0.315 e. The fourth-order valence-corrected chi connectivity index (χ4v) is 2.51. The predicted octanol–water partition coefficient (Wildman–Crippen LogP) is 0.701. The highest BCUT2D eigenvalue weighted by Crippen LogP contribution is 2.14. The Bertz CT molecular complexity index is 384. The van der Waals surface area contributed by atoms with Crippen molar-refractivity contribution < 1.29 is 19.5 Å². The molecule has 3 amide bonds. The van der Waals surface area contributed by atoms with Crippen molar-refractivity contribution in [1.82, 2.24) is 16.0 Å². The summed E-state index contributed by atoms with van der Waals surface area (Å²) in [6.07, 6.45) is 2.23. The van der Waals surface area contributed by atoms with E-state index in [1.54, 1.807) is 0 Å². The van der Waals surface area contributed by atoms with Gasteiger partial charge >= 0.3 is 12.0 Å². The quantitative estimate of drug-likeness (QED) is 0.555. The molecule has 2 unspecified atom stereocenters. The number of aliphatic carboxylic acids is 1. The van der Waals surface area contributed by atoms with E-state index in [2.05, 4.69) is 16.0 Å². The molecule has 21 heavy (non-hydrogen) atoms. The van der Waals surface area contributed by atoms with Gasteiger partial charge in [-0.1, -0.05) is 13.8 Å². The van der Waals surface area contributed by atoms with Gasteiger partial charge in [0.15, 0.2) is 0 Å². The maximum Gasteiger partial charge on any atom is 0.315 e. The van der Waals surface area contributed by atoms with Crippen molar-refractivity contribution in [2.45, 2.75) is 45.6 Å². The second-order valence-corrected chi connectivity index (χ2v) is 5.93. The summed E-state index contributed by atoms with van der Waals surface area (Å²) in [6, 6.07) is -0.919. The number of hydrogen-bond acceptors (Lipinski definition) is 3. The van der Waals surface area contributed by atoms with E-state index in [1.165, 1.54) is 0 Å². The number of urea groups is 1. The third-order valence-electron chi connectivity index (χ3n) is 3.41. The molecule has 0 bridgehead atoms. The van der Waals surface area contributed by atoms with Crippen LogP contribution in [0.4, 0.5) is 4.79 Å². The first-order chi connectivity index (χ1) is 9.88. The van der Waals surface area contributed by atoms with Crippen molar-refractivity contribution in [3.05, 3.63) is 0 Å². The SMILES string of the molecule is CC(C)CC(CNC(=O)NC1CCCNC1=O)CC(=O)O. The Hall–Kier alpha value is -1.79. The molecular formula is C14H25N3O4. The van der Waals surface area contributed by atoms with Crippen LogP contribution in [0.1, 0.15) is 39.5 Å². The summed E-state index contributed by atoms with van der Waals surface area (Å²) in [5.41, 5.74) is 0. The number of nitrogens with one attached hydrogen (secondary N) is 3. The standard InChI is InChI=1S/C14H25N3O4/c1-9(2)6-10(7-12(18)19)8-16-14(21)17-11-4-3-5-15-13(11)20/h9-11H,3-8H2,1-2H3,(H,15,20)(H,18,19)(H2,16,17,21). The summed E-state index contributed by atoms with van der Waals surface area (Å²) in [5.74, 6) is -0.771. The number of carboxylic acid groups (broad SMARTS) is 1. The van der Waals surface area contributed by atoms with Crippen molar-refractivity contribution >= 4 is 17.9 Å². The molecular weight excluding hydrogens is 274 g/mol. The zero-order valence-corrected chi connectivity index (χ0v) is 12.6. The lowest BCUT2D eigenvalue weighted by molar-refractivity contribution is -0.138. The Kier molecular flexibility index (Phi) is 6.98. The summed E-state index contributed by atoms with van der Waals surface area (Å²) in [4.78, 5) is 34.1. The highest BCUT2D eigenvalue weighted by molar-refractivity contribution is 5.87. The average molecular weight is 299 g/mol. The van der Waals surface area contributed by atoms with Gasteiger partial charge < -0.3 is 21.1 Å². The van der Waals surface area contributed by atoms with Crippen LogP contribution >= 0.6 is 0 Å². The molecule has 7 nitrogen and oxygen atoms in total. The van der Waals surface area contributed by atoms with Crippen LogP contribution in [0.15, 0.2) is 0 Å². The van der Waals surface area contributed by atoms with Crippen LogP contribution in [-0.2, 0) is 9.59 Å². The molecule has 4 N–H and O–H groups in total. The van der Waals surface area contributed by atoms with Gasteiger partial charge in [0.05, 0.1) is 0 Å². The van der Waals surface area contributed by atoms with Crippen molar-refractivity contribution in [3.8, 4) is 0 Å². The van der Waals surface area contributed by atoms with Gasteiger partial charge in [-0.3, -0.25) is 9.59 Å². The number of carbonyl (C=O) groups is 3. The monoisotopic (exact) mass is 299 g/mol. The van der Waals surface area contributed by atoms with Crippen LogP contribution in [0, 0.1) is 11.8 Å². The van der Waals surface area contributed by atoms with Gasteiger partial charge in [-0.05, 0) is 31.1 Å². The molecule has 0 aliphatic carbocycles. The zero-order valence-electron chi connectivity index (χ0n) is 12.6. The fourth-order valence-electron chi connectivity index (χ4n) is 2.51. The van der Waals surface area contributed by atoms with Crippen LogP contribution in [0.2, 0.25) is 0 Å². The molecule has 0 aromatic heterocycles. The van der Waals surface area contributed by atoms with Crippen molar-refractivity contribution in [3.63, 3.8) is 0 Å². The topological polar surface area (TPSA) is 108 Å². The number of carboxylic acids is 1. The van der Waals surface area contributed by atoms with Crippen molar-refractivity contribution in [1.29, 1.82) is 0 Å². The summed E-state index contributed by atoms with van der Waals surface area (Å²) in [5, 5.41) is 16.9. The molecule has 1 rings (SSSR count). The van der Waals surface area contributed by atoms with E-state index in [0.29, 0.717) is 25.4 Å². The summed E-state index contributed by atoms with van der Waals surface area (Å²) >= 11 is 0. The van der Waals surface area contributed by atoms with Gasteiger partial charge in [-0.15, -0.1) is 0 Å². The van der Waals surface area contributed by atoms with E-state index in [1.807, 2.05) is 13.8 Å². The minimum atomic E-state index is -0.866. The highest BCUT2D eigenvalue weighted by Gasteiger charge is 2.24. The fraction of sp³-hybridized carbons (Fsp3) is 0.786. The van der Waals surface area contributed by atoms with Crippen LogP contribution in [-0.4, -0.2) is 42.1 Å². The molecule has 1 heterocycles. The number of hydrogen-bond donors (Lipinski definition) is 4. The van der Waals surface area contributed by atoms with Gasteiger partial charge in [-0.25, -0.2) is 4.79 Å². The number of piperidine rings is 1. The molecule has 1 aliphatic heterocycles. The first-order valence-electron chi connectivity index (χ1n) is 7.42. The van der Waals surface area contributed by atoms with E-state index in [0.717, 1.165) is 12.8 Å². The van der Waals surface area contributed by atoms with Crippen LogP contribution < -0.4 is 16.0 Å². The summed E-state index contributed by atoms with van der Waals surface area (Å²) in [7, 11) is 0. The number of amides is 3. The Morgan fingerprint density at radius 3 is 2.71 bits per heavy atom. The molecule has 7 heteroatoms. The second-order valence-electron chi connectivity index (χ2n) is 5.93. The van der Waals surface area contributed by atoms with Gasteiger partial charge in [0.2, 0.25) is 5.91 Å². The second kappa shape index (κ2) is 8.49. The van der Waals surface area contributed by atoms with E-state index < -0.39 is 18.0 Å². The van der Waals surface area contributed by atoms with Crippen LogP contribution in [0.25, 0.3) is 0 Å². The largest absolute Gasteiger partial charge is 0.481 e. The molecule has 120 valence electrons. The lowest BCUT2D eigenvalue weighted by atomic mass is 9.94. The summed E-state index contributed by atoms with van der Waals surface area (Å²) < 4.78 is 0. The Balaban J connectivity index is 2.37. The predicted molar refractivity (Wildman–Crippen MR) is 77.8 cm³/mol. The van der Waals surface area contributed by atoms with Crippen molar-refractivity contribution in [2.24, 2.45) is 11.8 Å². The first kappa shape index (κ1) is 17.3. The summed E-state index contributed by atoms with van der Waals surface area (Å²) in [6.45, 7) is 4.97. The molecule has 1 saturated heterocycles. The van der Waals surface area contributed by atoms with E-state index in [9.17, 15) is 14.4 Å². The van der Waals surface area contributed by atoms with Crippen molar-refractivity contribution in [2.75, 3.05) is 13.1 Å². The van der Waals surface area contributed by atoms with Crippen LogP contribution in [0.3, 0.4) is 0 Å². The zero-order chi connectivity index (χ0) is 15.8. The van der Waals surface area contributed by atoms with Gasteiger partial charge in [0.1, 0.15) is 6.04 Å². The maximum atomic E-state index is 11.8. The highest BCUT2D eigenvalue weighted by atomic mass is 16.4.